The number of methoxy groups -OCH3 is 1. The van der Waals surface area contributed by atoms with E-state index in [4.69, 9.17) is 9.47 Å². The minimum absolute atomic E-state index is 0.100. The van der Waals surface area contributed by atoms with Gasteiger partial charge >= 0.3 is 0 Å². The number of halogens is 2. The molecule has 3 heterocycles. The van der Waals surface area contributed by atoms with E-state index in [-0.39, 0.29) is 37.4 Å². The summed E-state index contributed by atoms with van der Waals surface area (Å²) in [5, 5.41) is 12.5. The standard InChI is InChI=1S/C26H23F2N3O5/c1-35-20-12-17-16(6-7-18(27)22(17)28)23(15-5-3-2-4-14(15)20)31-21-13-36-11-10-29(21)26(34)24-25(33)19(32)8-9-30(24)31/h2-9,20-21,23,33H,10-13H2,1H3/t20?,21-,23-/m1/s1. The summed E-state index contributed by atoms with van der Waals surface area (Å²) < 4.78 is 42.7. The molecule has 0 bridgehead atoms. The van der Waals surface area contributed by atoms with Gasteiger partial charge in [0.2, 0.25) is 5.43 Å². The molecule has 3 atom stereocenters. The lowest BCUT2D eigenvalue weighted by molar-refractivity contribution is -0.0197. The second-order valence-electron chi connectivity index (χ2n) is 9.04. The van der Waals surface area contributed by atoms with Gasteiger partial charge in [-0.1, -0.05) is 30.3 Å². The first-order valence-corrected chi connectivity index (χ1v) is 11.6. The van der Waals surface area contributed by atoms with E-state index >= 15 is 4.39 Å². The lowest BCUT2D eigenvalue weighted by Crippen LogP contribution is -2.66. The summed E-state index contributed by atoms with van der Waals surface area (Å²) in [5.41, 5.74) is 1.33. The Morgan fingerprint density at radius 2 is 1.83 bits per heavy atom. The molecule has 1 aromatic heterocycles. The molecular formula is C26H23F2N3O5. The highest BCUT2D eigenvalue weighted by Gasteiger charge is 2.46. The van der Waals surface area contributed by atoms with E-state index in [1.165, 1.54) is 24.0 Å². The van der Waals surface area contributed by atoms with Crippen molar-refractivity contribution in [1.29, 1.82) is 0 Å². The predicted molar refractivity (Wildman–Crippen MR) is 124 cm³/mol. The Morgan fingerprint density at radius 3 is 2.61 bits per heavy atom. The molecule has 1 aliphatic carbocycles. The number of carbonyl (C=O) groups excluding carboxylic acids is 1. The molecule has 0 radical (unpaired) electrons. The quantitative estimate of drug-likeness (QED) is 0.589. The summed E-state index contributed by atoms with van der Waals surface area (Å²) in [5.74, 6) is -3.09. The van der Waals surface area contributed by atoms with Crippen molar-refractivity contribution in [3.05, 3.63) is 98.5 Å². The zero-order chi connectivity index (χ0) is 25.1. The molecule has 1 amide bonds. The van der Waals surface area contributed by atoms with Crippen molar-refractivity contribution < 1.29 is 28.2 Å². The van der Waals surface area contributed by atoms with E-state index in [1.54, 1.807) is 16.0 Å². The van der Waals surface area contributed by atoms with Crippen molar-refractivity contribution >= 4 is 5.91 Å². The monoisotopic (exact) mass is 495 g/mol. The van der Waals surface area contributed by atoms with Gasteiger partial charge in [0.25, 0.3) is 5.91 Å². The Labute approximate surface area is 204 Å². The van der Waals surface area contributed by atoms with E-state index in [1.807, 2.05) is 24.3 Å². The first-order valence-electron chi connectivity index (χ1n) is 11.6. The lowest BCUT2D eigenvalue weighted by Gasteiger charge is -2.51. The zero-order valence-electron chi connectivity index (χ0n) is 19.4. The summed E-state index contributed by atoms with van der Waals surface area (Å²) >= 11 is 0. The number of amides is 1. The maximum Gasteiger partial charge on any atom is 0.278 e. The van der Waals surface area contributed by atoms with Crippen LogP contribution in [0.3, 0.4) is 0 Å². The van der Waals surface area contributed by atoms with Crippen LogP contribution in [-0.4, -0.2) is 53.6 Å². The van der Waals surface area contributed by atoms with E-state index in [0.29, 0.717) is 5.56 Å². The van der Waals surface area contributed by atoms with Gasteiger partial charge in [0.05, 0.1) is 25.4 Å². The van der Waals surface area contributed by atoms with E-state index < -0.39 is 47.0 Å². The number of hydrogen-bond acceptors (Lipinski definition) is 6. The molecule has 1 saturated heterocycles. The van der Waals surface area contributed by atoms with E-state index in [0.717, 1.165) is 17.2 Å². The molecule has 36 heavy (non-hydrogen) atoms. The third kappa shape index (κ3) is 3.17. The van der Waals surface area contributed by atoms with Crippen molar-refractivity contribution in [1.82, 2.24) is 9.58 Å². The molecule has 3 aromatic rings. The molecule has 1 fully saturated rings. The molecule has 8 nitrogen and oxygen atoms in total. The molecule has 3 aliphatic rings. The van der Waals surface area contributed by atoms with Gasteiger partial charge in [0, 0.05) is 32.3 Å². The third-order valence-electron chi connectivity index (χ3n) is 7.28. The van der Waals surface area contributed by atoms with Crippen LogP contribution < -0.4 is 10.4 Å². The van der Waals surface area contributed by atoms with Crippen molar-refractivity contribution in [2.24, 2.45) is 0 Å². The Bertz CT molecular complexity index is 1440. The van der Waals surface area contributed by atoms with Crippen LogP contribution in [0.15, 0.2) is 53.5 Å². The minimum atomic E-state index is -0.966. The van der Waals surface area contributed by atoms with Gasteiger partial charge < -0.3 is 19.5 Å². The number of pyridine rings is 1. The average Bonchev–Trinajstić information content (AvgIpc) is 3.03. The molecule has 6 rings (SSSR count). The van der Waals surface area contributed by atoms with Crippen LogP contribution in [0.25, 0.3) is 0 Å². The molecule has 2 aromatic carbocycles. The van der Waals surface area contributed by atoms with Crippen molar-refractivity contribution in [2.75, 3.05) is 31.9 Å². The summed E-state index contributed by atoms with van der Waals surface area (Å²) in [4.78, 5) is 27.3. The highest BCUT2D eigenvalue weighted by Crippen LogP contribution is 2.44. The Balaban J connectivity index is 1.69. The molecule has 0 saturated carbocycles. The van der Waals surface area contributed by atoms with Crippen LogP contribution in [0.5, 0.6) is 5.75 Å². The Hall–Kier alpha value is -3.76. The highest BCUT2D eigenvalue weighted by molar-refractivity contribution is 5.96. The number of morpholine rings is 1. The maximum atomic E-state index is 15.3. The molecule has 10 heteroatoms. The zero-order valence-corrected chi connectivity index (χ0v) is 19.4. The minimum Gasteiger partial charge on any atom is -0.502 e. The average molecular weight is 495 g/mol. The van der Waals surface area contributed by atoms with Gasteiger partial charge in [0.1, 0.15) is 6.17 Å². The molecule has 2 aliphatic heterocycles. The first-order chi connectivity index (χ1) is 17.4. The fraction of sp³-hybridized carbons (Fsp3) is 0.308. The predicted octanol–water partition coefficient (Wildman–Crippen LogP) is 2.62. The highest BCUT2D eigenvalue weighted by atomic mass is 19.2. The molecular weight excluding hydrogens is 472 g/mol. The number of aromatic hydroxyl groups is 1. The number of benzene rings is 2. The number of rotatable bonds is 2. The van der Waals surface area contributed by atoms with E-state index in [9.17, 15) is 19.1 Å². The van der Waals surface area contributed by atoms with Gasteiger partial charge in [-0.2, -0.15) is 0 Å². The summed E-state index contributed by atoms with van der Waals surface area (Å²) in [6, 6.07) is 10.5. The fourth-order valence-corrected chi connectivity index (χ4v) is 5.61. The number of hydrogen-bond donors (Lipinski definition) is 1. The molecule has 1 unspecified atom stereocenters. The SMILES string of the molecule is COC1Cc2c(ccc(F)c2F)[C@H](N2[C@@H]3COCCN3C(=O)c3c(O)c(=O)ccn32)c2ccccc21. The van der Waals surface area contributed by atoms with Crippen LogP contribution in [0.1, 0.15) is 44.9 Å². The van der Waals surface area contributed by atoms with Gasteiger partial charge in [-0.15, -0.1) is 0 Å². The van der Waals surface area contributed by atoms with Gasteiger partial charge in [-0.05, 0) is 28.3 Å². The topological polar surface area (TPSA) is 84.2 Å². The summed E-state index contributed by atoms with van der Waals surface area (Å²) in [6.07, 6.45) is 0.331. The summed E-state index contributed by atoms with van der Waals surface area (Å²) in [6.45, 7) is 0.670. The van der Waals surface area contributed by atoms with Crippen LogP contribution in [0.4, 0.5) is 8.78 Å². The number of ether oxygens (including phenoxy) is 2. The van der Waals surface area contributed by atoms with Crippen LogP contribution in [0, 0.1) is 11.6 Å². The van der Waals surface area contributed by atoms with Crippen LogP contribution >= 0.6 is 0 Å². The molecule has 186 valence electrons. The second kappa shape index (κ2) is 8.42. The third-order valence-corrected chi connectivity index (χ3v) is 7.28. The molecule has 0 spiro atoms. The normalized spacial score (nSPS) is 22.9. The Morgan fingerprint density at radius 1 is 1.06 bits per heavy atom. The number of carbonyl (C=O) groups is 1. The number of aromatic nitrogens is 1. The van der Waals surface area contributed by atoms with Crippen molar-refractivity contribution in [2.45, 2.75) is 24.7 Å². The Kier molecular flexibility index (Phi) is 5.31. The van der Waals surface area contributed by atoms with Gasteiger partial charge in [0.15, 0.2) is 23.1 Å². The van der Waals surface area contributed by atoms with Gasteiger partial charge in [-0.3, -0.25) is 19.3 Å². The van der Waals surface area contributed by atoms with E-state index in [2.05, 4.69) is 0 Å². The van der Waals surface area contributed by atoms with Gasteiger partial charge in [-0.25, -0.2) is 8.78 Å². The fourth-order valence-electron chi connectivity index (χ4n) is 5.61. The smallest absolute Gasteiger partial charge is 0.278 e. The van der Waals surface area contributed by atoms with Crippen molar-refractivity contribution in [3.63, 3.8) is 0 Å². The van der Waals surface area contributed by atoms with Crippen molar-refractivity contribution in [3.8, 4) is 5.75 Å². The first kappa shape index (κ1) is 22.7. The van der Waals surface area contributed by atoms with Crippen LogP contribution in [0.2, 0.25) is 0 Å². The second-order valence-corrected chi connectivity index (χ2v) is 9.04. The number of nitrogens with zero attached hydrogens (tertiary/aromatic N) is 3. The number of fused-ring (bicyclic) bond motifs is 4. The molecule has 1 N–H and O–H groups in total. The van der Waals surface area contributed by atoms with Crippen LogP contribution in [-0.2, 0) is 15.9 Å². The maximum absolute atomic E-state index is 15.3. The summed E-state index contributed by atoms with van der Waals surface area (Å²) in [7, 11) is 1.52. The lowest BCUT2D eigenvalue weighted by atomic mass is 9.92. The largest absolute Gasteiger partial charge is 0.502 e.